The number of amides is 3. The van der Waals surface area contributed by atoms with Crippen LogP contribution in [0.5, 0.6) is 0 Å². The molecule has 0 fully saturated rings. The van der Waals surface area contributed by atoms with Crippen molar-refractivity contribution < 1.29 is 18.8 Å². The van der Waals surface area contributed by atoms with Crippen molar-refractivity contribution in [2.24, 2.45) is 0 Å². The minimum Gasteiger partial charge on any atom is -0.350 e. The van der Waals surface area contributed by atoms with Crippen molar-refractivity contribution in [1.29, 1.82) is 0 Å². The summed E-state index contributed by atoms with van der Waals surface area (Å²) >= 11 is 0. The molecule has 0 spiro atoms. The maximum absolute atomic E-state index is 12.9. The number of carbonyl (C=O) groups excluding carboxylic acids is 3. The number of halogens is 1. The molecule has 0 aliphatic heterocycles. The topological polar surface area (TPSA) is 78.5 Å². The van der Waals surface area contributed by atoms with E-state index in [-0.39, 0.29) is 49.6 Å². The second-order valence-electron chi connectivity index (χ2n) is 6.25. The first-order valence-electron chi connectivity index (χ1n) is 9.07. The first kappa shape index (κ1) is 21.1. The number of benzene rings is 2. The van der Waals surface area contributed by atoms with E-state index in [1.54, 1.807) is 19.1 Å². The molecule has 148 valence electrons. The van der Waals surface area contributed by atoms with Crippen molar-refractivity contribution >= 4 is 17.7 Å². The van der Waals surface area contributed by atoms with Crippen molar-refractivity contribution in [2.45, 2.75) is 19.9 Å². The SMILES string of the molecule is CCN(CC(=O)NCc1ccc(F)cc1)C(=O)CNC(=O)Cc1ccccc1. The van der Waals surface area contributed by atoms with Gasteiger partial charge in [-0.05, 0) is 30.2 Å². The van der Waals surface area contributed by atoms with E-state index in [9.17, 15) is 18.8 Å². The van der Waals surface area contributed by atoms with E-state index in [0.29, 0.717) is 6.54 Å². The fourth-order valence-electron chi connectivity index (χ4n) is 2.54. The molecule has 0 radical (unpaired) electrons. The molecule has 6 nitrogen and oxygen atoms in total. The molecule has 7 heteroatoms. The molecule has 28 heavy (non-hydrogen) atoms. The number of hydrogen-bond acceptors (Lipinski definition) is 3. The largest absolute Gasteiger partial charge is 0.350 e. The average molecular weight is 385 g/mol. The summed E-state index contributed by atoms with van der Waals surface area (Å²) in [6, 6.07) is 15.0. The second kappa shape index (κ2) is 10.8. The van der Waals surface area contributed by atoms with Gasteiger partial charge in [0.2, 0.25) is 17.7 Å². The standard InChI is InChI=1S/C21H24FN3O3/c1-2-25(15-20(27)23-13-17-8-10-18(22)11-9-17)21(28)14-24-19(26)12-16-6-4-3-5-7-16/h3-11H,2,12-15H2,1H3,(H,23,27)(H,24,26). The third-order valence-corrected chi connectivity index (χ3v) is 4.12. The second-order valence-corrected chi connectivity index (χ2v) is 6.25. The van der Waals surface area contributed by atoms with E-state index < -0.39 is 0 Å². The third-order valence-electron chi connectivity index (χ3n) is 4.12. The van der Waals surface area contributed by atoms with E-state index in [2.05, 4.69) is 10.6 Å². The Balaban J connectivity index is 1.74. The number of likely N-dealkylation sites (N-methyl/N-ethyl adjacent to an activating group) is 1. The summed E-state index contributed by atoms with van der Waals surface area (Å²) in [7, 11) is 0. The fourth-order valence-corrected chi connectivity index (χ4v) is 2.54. The normalized spacial score (nSPS) is 10.2. The van der Waals surface area contributed by atoms with Gasteiger partial charge in [-0.25, -0.2) is 4.39 Å². The van der Waals surface area contributed by atoms with Gasteiger partial charge in [0, 0.05) is 13.1 Å². The molecule has 0 heterocycles. The molecule has 2 aromatic carbocycles. The quantitative estimate of drug-likeness (QED) is 0.689. The van der Waals surface area contributed by atoms with Gasteiger partial charge in [0.05, 0.1) is 19.5 Å². The predicted molar refractivity (Wildman–Crippen MR) is 104 cm³/mol. The van der Waals surface area contributed by atoms with Gasteiger partial charge in [0.1, 0.15) is 5.82 Å². The predicted octanol–water partition coefficient (Wildman–Crippen LogP) is 1.65. The Labute approximate surface area is 163 Å². The van der Waals surface area contributed by atoms with Gasteiger partial charge >= 0.3 is 0 Å². The number of hydrogen-bond donors (Lipinski definition) is 2. The molecule has 0 atom stereocenters. The Morgan fingerprint density at radius 3 is 2.21 bits per heavy atom. The van der Waals surface area contributed by atoms with Crippen LogP contribution >= 0.6 is 0 Å². The summed E-state index contributed by atoms with van der Waals surface area (Å²) in [5, 5.41) is 5.28. The van der Waals surface area contributed by atoms with Crippen LogP contribution < -0.4 is 10.6 Å². The van der Waals surface area contributed by atoms with Gasteiger partial charge in [-0.1, -0.05) is 42.5 Å². The molecule has 2 N–H and O–H groups in total. The molecule has 2 aromatic rings. The van der Waals surface area contributed by atoms with Crippen LogP contribution in [0.15, 0.2) is 54.6 Å². The number of nitrogens with zero attached hydrogens (tertiary/aromatic N) is 1. The third kappa shape index (κ3) is 7.19. The van der Waals surface area contributed by atoms with Gasteiger partial charge in [-0.3, -0.25) is 14.4 Å². The lowest BCUT2D eigenvalue weighted by atomic mass is 10.1. The van der Waals surface area contributed by atoms with Gasteiger partial charge in [-0.2, -0.15) is 0 Å². The molecule has 0 bridgehead atoms. The Morgan fingerprint density at radius 2 is 1.57 bits per heavy atom. The van der Waals surface area contributed by atoms with Crippen LogP contribution in [0.25, 0.3) is 0 Å². The smallest absolute Gasteiger partial charge is 0.242 e. The van der Waals surface area contributed by atoms with Crippen LogP contribution in [0, 0.1) is 5.82 Å². The summed E-state index contributed by atoms with van der Waals surface area (Å²) in [6.45, 7) is 2.09. The van der Waals surface area contributed by atoms with Crippen molar-refractivity contribution in [2.75, 3.05) is 19.6 Å². The Hall–Kier alpha value is -3.22. The molecule has 0 aliphatic rings. The first-order valence-corrected chi connectivity index (χ1v) is 9.07. The minimum absolute atomic E-state index is 0.106. The maximum atomic E-state index is 12.9. The van der Waals surface area contributed by atoms with E-state index >= 15 is 0 Å². The molecular weight excluding hydrogens is 361 g/mol. The Kier molecular flexibility index (Phi) is 8.14. The lowest BCUT2D eigenvalue weighted by molar-refractivity contribution is -0.136. The molecule has 0 aromatic heterocycles. The van der Waals surface area contributed by atoms with E-state index in [1.807, 2.05) is 30.3 Å². The van der Waals surface area contributed by atoms with E-state index in [4.69, 9.17) is 0 Å². The molecule has 0 saturated heterocycles. The number of rotatable bonds is 9. The van der Waals surface area contributed by atoms with Crippen LogP contribution in [0.4, 0.5) is 4.39 Å². The van der Waals surface area contributed by atoms with Gasteiger partial charge in [-0.15, -0.1) is 0 Å². The lowest BCUT2D eigenvalue weighted by Crippen LogP contribution is -2.45. The molecule has 0 aliphatic carbocycles. The summed E-state index contributed by atoms with van der Waals surface area (Å²) in [5.41, 5.74) is 1.62. The molecule has 2 rings (SSSR count). The Bertz CT molecular complexity index is 794. The van der Waals surface area contributed by atoms with E-state index in [0.717, 1.165) is 11.1 Å². The molecular formula is C21H24FN3O3. The average Bonchev–Trinajstić information content (AvgIpc) is 2.70. The van der Waals surface area contributed by atoms with Gasteiger partial charge in [0.15, 0.2) is 0 Å². The summed E-state index contributed by atoms with van der Waals surface area (Å²) in [5.74, 6) is -1.25. The highest BCUT2D eigenvalue weighted by Gasteiger charge is 2.16. The number of carbonyl (C=O) groups is 3. The van der Waals surface area contributed by atoms with Crippen LogP contribution in [0.3, 0.4) is 0 Å². The van der Waals surface area contributed by atoms with Crippen molar-refractivity contribution in [1.82, 2.24) is 15.5 Å². The number of nitrogens with one attached hydrogen (secondary N) is 2. The zero-order chi connectivity index (χ0) is 20.4. The summed E-state index contributed by atoms with van der Waals surface area (Å²) in [4.78, 5) is 37.6. The maximum Gasteiger partial charge on any atom is 0.242 e. The monoisotopic (exact) mass is 385 g/mol. The minimum atomic E-state index is -0.341. The van der Waals surface area contributed by atoms with Crippen LogP contribution in [0.1, 0.15) is 18.1 Å². The highest BCUT2D eigenvalue weighted by atomic mass is 19.1. The highest BCUT2D eigenvalue weighted by Crippen LogP contribution is 2.02. The zero-order valence-electron chi connectivity index (χ0n) is 15.8. The lowest BCUT2D eigenvalue weighted by Gasteiger charge is -2.20. The van der Waals surface area contributed by atoms with Gasteiger partial charge < -0.3 is 15.5 Å². The van der Waals surface area contributed by atoms with Gasteiger partial charge in [0.25, 0.3) is 0 Å². The molecule has 0 unspecified atom stereocenters. The summed E-state index contributed by atoms with van der Waals surface area (Å²) in [6.07, 6.45) is 0.193. The first-order chi connectivity index (χ1) is 13.5. The molecule has 0 saturated carbocycles. The Morgan fingerprint density at radius 1 is 0.893 bits per heavy atom. The van der Waals surface area contributed by atoms with E-state index in [1.165, 1.54) is 17.0 Å². The summed E-state index contributed by atoms with van der Waals surface area (Å²) < 4.78 is 12.9. The van der Waals surface area contributed by atoms with Crippen molar-refractivity contribution in [3.8, 4) is 0 Å². The highest BCUT2D eigenvalue weighted by molar-refractivity contribution is 5.88. The van der Waals surface area contributed by atoms with Crippen LogP contribution in [-0.4, -0.2) is 42.3 Å². The van der Waals surface area contributed by atoms with Crippen molar-refractivity contribution in [3.63, 3.8) is 0 Å². The fraction of sp³-hybridized carbons (Fsp3) is 0.286. The zero-order valence-corrected chi connectivity index (χ0v) is 15.8. The van der Waals surface area contributed by atoms with Crippen LogP contribution in [0.2, 0.25) is 0 Å². The van der Waals surface area contributed by atoms with Crippen molar-refractivity contribution in [3.05, 3.63) is 71.5 Å². The van der Waals surface area contributed by atoms with Crippen LogP contribution in [-0.2, 0) is 27.3 Å². The molecule has 3 amide bonds.